The molecular formula is C18H26N2O5S. The molecule has 2 atom stereocenters. The van der Waals surface area contributed by atoms with Gasteiger partial charge >= 0.3 is 5.97 Å². The number of rotatable bonds is 5. The molecule has 1 fully saturated rings. The monoisotopic (exact) mass is 382 g/mol. The Bertz CT molecular complexity index is 773. The van der Waals surface area contributed by atoms with Crippen LogP contribution in [0.25, 0.3) is 0 Å². The summed E-state index contributed by atoms with van der Waals surface area (Å²) in [4.78, 5) is 25.6. The Labute approximate surface area is 154 Å². The smallest absolute Gasteiger partial charge is 0.308 e. The summed E-state index contributed by atoms with van der Waals surface area (Å²) >= 11 is 0. The molecule has 1 aliphatic rings. The van der Waals surface area contributed by atoms with Crippen LogP contribution in [0.5, 0.6) is 0 Å². The molecule has 2 unspecified atom stereocenters. The number of sulfonamides is 1. The summed E-state index contributed by atoms with van der Waals surface area (Å²) in [6.45, 7) is 6.16. The summed E-state index contributed by atoms with van der Waals surface area (Å²) in [7, 11) is -2.09. The van der Waals surface area contributed by atoms with E-state index in [1.54, 1.807) is 13.8 Å². The fourth-order valence-electron chi connectivity index (χ4n) is 3.09. The lowest BCUT2D eigenvalue weighted by Gasteiger charge is -2.34. The first kappa shape index (κ1) is 20.4. The number of hydrogen-bond donors (Lipinski definition) is 1. The highest BCUT2D eigenvalue weighted by Crippen LogP contribution is 2.24. The van der Waals surface area contributed by atoms with Crippen LogP contribution in [0.1, 0.15) is 37.6 Å². The van der Waals surface area contributed by atoms with Gasteiger partial charge in [-0.1, -0.05) is 6.92 Å². The van der Waals surface area contributed by atoms with Gasteiger partial charge in [-0.05, 0) is 50.5 Å². The van der Waals surface area contributed by atoms with Crippen molar-refractivity contribution < 1.29 is 23.1 Å². The Hall–Kier alpha value is -1.93. The molecule has 0 radical (unpaired) electrons. The highest BCUT2D eigenvalue weighted by molar-refractivity contribution is 7.89. The predicted octanol–water partition coefficient (Wildman–Crippen LogP) is 1.90. The minimum Gasteiger partial charge on any atom is -0.481 e. The number of hydrogen-bond acceptors (Lipinski definition) is 4. The first-order chi connectivity index (χ1) is 12.0. The second-order valence-corrected chi connectivity index (χ2v) is 9.22. The maximum Gasteiger partial charge on any atom is 0.308 e. The van der Waals surface area contributed by atoms with Crippen molar-refractivity contribution >= 4 is 21.9 Å². The van der Waals surface area contributed by atoms with E-state index in [9.17, 15) is 23.1 Å². The lowest BCUT2D eigenvalue weighted by atomic mass is 9.90. The highest BCUT2D eigenvalue weighted by Gasteiger charge is 2.32. The van der Waals surface area contributed by atoms with Crippen molar-refractivity contribution in [2.45, 2.75) is 38.1 Å². The topological polar surface area (TPSA) is 95.0 Å². The number of carbonyl (C=O) groups is 2. The van der Waals surface area contributed by atoms with Gasteiger partial charge in [-0.3, -0.25) is 9.59 Å². The van der Waals surface area contributed by atoms with Crippen LogP contribution in [0.2, 0.25) is 0 Å². The van der Waals surface area contributed by atoms with Gasteiger partial charge in [-0.25, -0.2) is 8.42 Å². The molecule has 1 amide bonds. The Morgan fingerprint density at radius 1 is 1.19 bits per heavy atom. The molecule has 0 spiro atoms. The third-order valence-corrected chi connectivity index (χ3v) is 6.85. The first-order valence-corrected chi connectivity index (χ1v) is 10.1. The molecular weight excluding hydrogens is 356 g/mol. The van der Waals surface area contributed by atoms with Crippen molar-refractivity contribution in [1.29, 1.82) is 0 Å². The second kappa shape index (κ2) is 7.75. The Morgan fingerprint density at radius 3 is 2.27 bits per heavy atom. The third kappa shape index (κ3) is 4.24. The third-order valence-electron chi connectivity index (χ3n) is 4.80. The van der Waals surface area contributed by atoms with Gasteiger partial charge < -0.3 is 10.0 Å². The molecule has 1 aromatic carbocycles. The average molecular weight is 382 g/mol. The molecule has 0 bridgehead atoms. The van der Waals surface area contributed by atoms with Crippen LogP contribution < -0.4 is 0 Å². The zero-order chi connectivity index (χ0) is 19.6. The van der Waals surface area contributed by atoms with Gasteiger partial charge in [0.15, 0.2) is 0 Å². The van der Waals surface area contributed by atoms with Crippen molar-refractivity contribution in [2.24, 2.45) is 11.8 Å². The quantitative estimate of drug-likeness (QED) is 0.839. The molecule has 0 saturated carbocycles. The molecule has 144 valence electrons. The number of likely N-dealkylation sites (tertiary alicyclic amines) is 1. The van der Waals surface area contributed by atoms with Crippen LogP contribution >= 0.6 is 0 Å². The van der Waals surface area contributed by atoms with Gasteiger partial charge in [-0.2, -0.15) is 4.31 Å². The summed E-state index contributed by atoms with van der Waals surface area (Å²) in [5.74, 6) is -1.63. The number of carbonyl (C=O) groups excluding carboxylic acids is 1. The Morgan fingerprint density at radius 2 is 1.77 bits per heavy atom. The molecule has 1 saturated heterocycles. The van der Waals surface area contributed by atoms with E-state index in [1.807, 2.05) is 6.92 Å². The number of nitrogens with zero attached hydrogens (tertiary/aromatic N) is 2. The van der Waals surface area contributed by atoms with Crippen LogP contribution in [-0.2, 0) is 14.8 Å². The van der Waals surface area contributed by atoms with Crippen molar-refractivity contribution in [2.75, 3.05) is 20.1 Å². The number of aliphatic carboxylic acids is 1. The summed E-state index contributed by atoms with van der Waals surface area (Å²) in [5, 5.41) is 9.24. The van der Waals surface area contributed by atoms with E-state index >= 15 is 0 Å². The molecule has 1 aliphatic heterocycles. The lowest BCUT2D eigenvalue weighted by Crippen LogP contribution is -2.45. The Balaban J connectivity index is 2.20. The highest BCUT2D eigenvalue weighted by atomic mass is 32.2. The maximum absolute atomic E-state index is 12.7. The predicted molar refractivity (Wildman–Crippen MR) is 97.3 cm³/mol. The fraction of sp³-hybridized carbons (Fsp3) is 0.556. The van der Waals surface area contributed by atoms with Crippen LogP contribution in [0.15, 0.2) is 29.2 Å². The summed E-state index contributed by atoms with van der Waals surface area (Å²) in [6.07, 6.45) is 0.553. The number of benzene rings is 1. The SMILES string of the molecule is CC1CC(C(=O)O)CN(C(=O)c2ccc(S(=O)(=O)N(C)C(C)C)cc2)C1. The van der Waals surface area contributed by atoms with Crippen LogP contribution in [0.4, 0.5) is 0 Å². The Kier molecular flexibility index (Phi) is 6.08. The van der Waals surface area contributed by atoms with E-state index in [0.29, 0.717) is 18.5 Å². The van der Waals surface area contributed by atoms with Crippen molar-refractivity contribution in [1.82, 2.24) is 9.21 Å². The van der Waals surface area contributed by atoms with Crippen molar-refractivity contribution in [3.05, 3.63) is 29.8 Å². The van der Waals surface area contributed by atoms with Crippen LogP contribution in [0.3, 0.4) is 0 Å². The van der Waals surface area contributed by atoms with E-state index in [4.69, 9.17) is 0 Å². The van der Waals surface area contributed by atoms with Gasteiger partial charge in [0, 0.05) is 31.7 Å². The zero-order valence-electron chi connectivity index (χ0n) is 15.5. The normalized spacial score (nSPS) is 21.2. The molecule has 7 nitrogen and oxygen atoms in total. The summed E-state index contributed by atoms with van der Waals surface area (Å²) < 4.78 is 26.2. The van der Waals surface area contributed by atoms with E-state index in [-0.39, 0.29) is 29.3 Å². The number of piperidine rings is 1. The lowest BCUT2D eigenvalue weighted by molar-refractivity contribution is -0.143. The van der Waals surface area contributed by atoms with E-state index in [0.717, 1.165) is 0 Å². The van der Waals surface area contributed by atoms with Gasteiger partial charge in [0.2, 0.25) is 10.0 Å². The standard InChI is InChI=1S/C18H26N2O5S/c1-12(2)19(4)26(24,25)16-7-5-14(6-8-16)17(21)20-10-13(3)9-15(11-20)18(22)23/h5-8,12-13,15H,9-11H2,1-4H3,(H,22,23). The van der Waals surface area contributed by atoms with Gasteiger partial charge in [0.1, 0.15) is 0 Å². The van der Waals surface area contributed by atoms with Crippen LogP contribution in [0, 0.1) is 11.8 Å². The minimum atomic E-state index is -3.60. The molecule has 2 rings (SSSR count). The molecule has 26 heavy (non-hydrogen) atoms. The van der Waals surface area contributed by atoms with Crippen molar-refractivity contribution in [3.8, 4) is 0 Å². The maximum atomic E-state index is 12.7. The molecule has 1 heterocycles. The first-order valence-electron chi connectivity index (χ1n) is 8.64. The fourth-order valence-corrected chi connectivity index (χ4v) is 4.46. The van der Waals surface area contributed by atoms with Gasteiger partial charge in [0.05, 0.1) is 10.8 Å². The van der Waals surface area contributed by atoms with Crippen molar-refractivity contribution in [3.63, 3.8) is 0 Å². The minimum absolute atomic E-state index is 0.105. The molecule has 1 N–H and O–H groups in total. The molecule has 1 aromatic rings. The summed E-state index contributed by atoms with van der Waals surface area (Å²) in [5.41, 5.74) is 0.356. The largest absolute Gasteiger partial charge is 0.481 e. The summed E-state index contributed by atoms with van der Waals surface area (Å²) in [6, 6.07) is 5.63. The second-order valence-electron chi connectivity index (χ2n) is 7.23. The van der Waals surface area contributed by atoms with Gasteiger partial charge in [0.25, 0.3) is 5.91 Å². The number of carboxylic acids is 1. The van der Waals surface area contributed by atoms with Crippen LogP contribution in [-0.4, -0.2) is 60.8 Å². The number of amides is 1. The average Bonchev–Trinajstić information content (AvgIpc) is 2.59. The molecule has 0 aliphatic carbocycles. The van der Waals surface area contributed by atoms with E-state index < -0.39 is 21.9 Å². The molecule has 0 aromatic heterocycles. The van der Waals surface area contributed by atoms with E-state index in [2.05, 4.69) is 0 Å². The zero-order valence-corrected chi connectivity index (χ0v) is 16.4. The molecule has 8 heteroatoms. The number of carboxylic acid groups (broad SMARTS) is 1. The van der Waals surface area contributed by atoms with Gasteiger partial charge in [-0.15, -0.1) is 0 Å². The van der Waals surface area contributed by atoms with E-state index in [1.165, 1.54) is 40.5 Å².